The van der Waals surface area contributed by atoms with E-state index in [4.69, 9.17) is 0 Å². The highest BCUT2D eigenvalue weighted by molar-refractivity contribution is 5.94. The monoisotopic (exact) mass is 280 g/mol. The molecule has 4 rings (SSSR count). The molecule has 0 saturated carbocycles. The highest BCUT2D eigenvalue weighted by atomic mass is 15.3. The predicted octanol–water partition coefficient (Wildman–Crippen LogP) is 3.55. The van der Waals surface area contributed by atoms with Gasteiger partial charge in [0.25, 0.3) is 0 Å². The van der Waals surface area contributed by atoms with E-state index in [0.717, 1.165) is 24.6 Å². The van der Waals surface area contributed by atoms with Crippen LogP contribution >= 0.6 is 0 Å². The lowest BCUT2D eigenvalue weighted by atomic mass is 10.1. The molecule has 21 heavy (non-hydrogen) atoms. The molecular formula is C17H20N4. The topological polar surface area (TPSA) is 35.6 Å². The molecule has 3 aromatic rings. The molecule has 0 radical (unpaired) electrons. The fraction of sp³-hybridized carbons (Fsp3) is 0.412. The molecule has 1 aliphatic rings. The summed E-state index contributed by atoms with van der Waals surface area (Å²) in [6.45, 7) is 1.04. The van der Waals surface area contributed by atoms with Gasteiger partial charge >= 0.3 is 0 Å². The van der Waals surface area contributed by atoms with Crippen LogP contribution < -0.4 is 0 Å². The van der Waals surface area contributed by atoms with E-state index in [2.05, 4.69) is 56.8 Å². The molecule has 4 heteroatoms. The van der Waals surface area contributed by atoms with Gasteiger partial charge < -0.3 is 9.13 Å². The summed E-state index contributed by atoms with van der Waals surface area (Å²) >= 11 is 0. The minimum atomic E-state index is 1.03. The van der Waals surface area contributed by atoms with Crippen molar-refractivity contribution < 1.29 is 0 Å². The van der Waals surface area contributed by atoms with Gasteiger partial charge in [-0.15, -0.1) is 10.2 Å². The van der Waals surface area contributed by atoms with Crippen LogP contribution in [0.2, 0.25) is 0 Å². The summed E-state index contributed by atoms with van der Waals surface area (Å²) < 4.78 is 4.51. The third-order valence-electron chi connectivity index (χ3n) is 4.50. The first-order chi connectivity index (χ1) is 10.3. The van der Waals surface area contributed by atoms with Gasteiger partial charge in [-0.2, -0.15) is 0 Å². The predicted molar refractivity (Wildman–Crippen MR) is 84.1 cm³/mol. The molecule has 0 bridgehead atoms. The highest BCUT2D eigenvalue weighted by Gasteiger charge is 2.18. The van der Waals surface area contributed by atoms with E-state index in [9.17, 15) is 0 Å². The van der Waals surface area contributed by atoms with Gasteiger partial charge in [-0.25, -0.2) is 0 Å². The van der Waals surface area contributed by atoms with Crippen molar-refractivity contribution in [1.29, 1.82) is 0 Å². The summed E-state index contributed by atoms with van der Waals surface area (Å²) in [5, 5.41) is 10.2. The molecule has 0 spiro atoms. The van der Waals surface area contributed by atoms with Crippen molar-refractivity contribution in [3.05, 3.63) is 36.3 Å². The first-order valence-corrected chi connectivity index (χ1v) is 7.81. The zero-order chi connectivity index (χ0) is 14.2. The third kappa shape index (κ3) is 2.06. The Morgan fingerprint density at radius 2 is 1.86 bits per heavy atom. The number of benzene rings is 1. The molecule has 3 heterocycles. The smallest absolute Gasteiger partial charge is 0.166 e. The van der Waals surface area contributed by atoms with Crippen LogP contribution in [0.1, 0.15) is 31.5 Å². The first kappa shape index (κ1) is 12.6. The van der Waals surface area contributed by atoms with Crippen molar-refractivity contribution in [2.45, 2.75) is 38.6 Å². The summed E-state index contributed by atoms with van der Waals surface area (Å²) in [7, 11) is 2.09. The molecule has 0 atom stereocenters. The van der Waals surface area contributed by atoms with Gasteiger partial charge in [0.05, 0.1) is 0 Å². The maximum absolute atomic E-state index is 4.51. The highest BCUT2D eigenvalue weighted by Crippen LogP contribution is 2.30. The number of aryl methyl sites for hydroxylation is 2. The second kappa shape index (κ2) is 5.02. The first-order valence-electron chi connectivity index (χ1n) is 7.81. The second-order valence-corrected chi connectivity index (χ2v) is 5.93. The van der Waals surface area contributed by atoms with Crippen molar-refractivity contribution in [3.63, 3.8) is 0 Å². The van der Waals surface area contributed by atoms with Gasteiger partial charge in [0, 0.05) is 42.7 Å². The summed E-state index contributed by atoms with van der Waals surface area (Å²) in [6.07, 6.45) is 8.32. The van der Waals surface area contributed by atoms with Crippen LogP contribution in [0, 0.1) is 0 Å². The number of rotatable bonds is 1. The average Bonchev–Trinajstić information content (AvgIpc) is 3.01. The number of para-hydroxylation sites is 1. The Balaban J connectivity index is 1.89. The summed E-state index contributed by atoms with van der Waals surface area (Å²) in [5.41, 5.74) is 2.45. The van der Waals surface area contributed by atoms with Crippen molar-refractivity contribution in [2.24, 2.45) is 7.05 Å². The van der Waals surface area contributed by atoms with Crippen LogP contribution in [0.25, 0.3) is 22.3 Å². The Morgan fingerprint density at radius 1 is 1.00 bits per heavy atom. The molecule has 4 nitrogen and oxygen atoms in total. The van der Waals surface area contributed by atoms with Crippen molar-refractivity contribution in [2.75, 3.05) is 0 Å². The molecule has 0 N–H and O–H groups in total. The minimum absolute atomic E-state index is 1.03. The zero-order valence-electron chi connectivity index (χ0n) is 12.4. The van der Waals surface area contributed by atoms with Gasteiger partial charge in [0.1, 0.15) is 5.82 Å². The van der Waals surface area contributed by atoms with Crippen LogP contribution in [0.15, 0.2) is 30.5 Å². The van der Waals surface area contributed by atoms with E-state index >= 15 is 0 Å². The maximum atomic E-state index is 4.51. The average molecular weight is 280 g/mol. The van der Waals surface area contributed by atoms with E-state index in [1.807, 2.05) is 0 Å². The van der Waals surface area contributed by atoms with Gasteiger partial charge in [0.2, 0.25) is 0 Å². The fourth-order valence-corrected chi connectivity index (χ4v) is 3.38. The maximum Gasteiger partial charge on any atom is 0.166 e. The van der Waals surface area contributed by atoms with E-state index in [1.54, 1.807) is 0 Å². The number of hydrogen-bond acceptors (Lipinski definition) is 2. The molecule has 1 aliphatic heterocycles. The summed E-state index contributed by atoms with van der Waals surface area (Å²) in [5.74, 6) is 2.18. The molecule has 2 aromatic heterocycles. The number of fused-ring (bicyclic) bond motifs is 2. The minimum Gasteiger partial charge on any atom is -0.350 e. The lowest BCUT2D eigenvalue weighted by Crippen LogP contribution is -2.08. The van der Waals surface area contributed by atoms with E-state index in [-0.39, 0.29) is 0 Å². The van der Waals surface area contributed by atoms with Gasteiger partial charge in [-0.05, 0) is 18.9 Å². The molecule has 0 aliphatic carbocycles. The molecule has 0 unspecified atom stereocenters. The van der Waals surface area contributed by atoms with Gasteiger partial charge in [-0.3, -0.25) is 0 Å². The Bertz CT molecular complexity index is 781. The molecule has 0 saturated heterocycles. The fourth-order valence-electron chi connectivity index (χ4n) is 3.38. The van der Waals surface area contributed by atoms with Crippen LogP contribution in [-0.2, 0) is 20.0 Å². The van der Waals surface area contributed by atoms with E-state index in [0.29, 0.717) is 0 Å². The van der Waals surface area contributed by atoms with Crippen molar-refractivity contribution >= 4 is 10.9 Å². The zero-order valence-corrected chi connectivity index (χ0v) is 12.4. The molecule has 1 aromatic carbocycles. The van der Waals surface area contributed by atoms with E-state index < -0.39 is 0 Å². The lowest BCUT2D eigenvalue weighted by Gasteiger charge is -2.13. The number of aromatic nitrogens is 4. The number of hydrogen-bond donors (Lipinski definition) is 0. The van der Waals surface area contributed by atoms with E-state index in [1.165, 1.54) is 42.1 Å². The number of nitrogens with zero attached hydrogens (tertiary/aromatic N) is 4. The standard InChI is InChI=1S/C17H20N4/c1-20-12-14(13-8-5-6-9-15(13)20)17-19-18-16-10-4-2-3-7-11-21(16)17/h5-6,8-9,12H,2-4,7,10-11H2,1H3. The Labute approximate surface area is 124 Å². The largest absolute Gasteiger partial charge is 0.350 e. The van der Waals surface area contributed by atoms with Crippen LogP contribution in [0.4, 0.5) is 0 Å². The van der Waals surface area contributed by atoms with Crippen LogP contribution in [0.3, 0.4) is 0 Å². The quantitative estimate of drug-likeness (QED) is 0.683. The Kier molecular flexibility index (Phi) is 3.02. The summed E-state index contributed by atoms with van der Waals surface area (Å²) in [6, 6.07) is 8.51. The SMILES string of the molecule is Cn1cc(-c2nnc3n2CCCCCC3)c2ccccc21. The molecule has 0 fully saturated rings. The van der Waals surface area contributed by atoms with Crippen LogP contribution in [0.5, 0.6) is 0 Å². The normalized spacial score (nSPS) is 15.7. The summed E-state index contributed by atoms with van der Waals surface area (Å²) in [4.78, 5) is 0. The molecular weight excluding hydrogens is 260 g/mol. The van der Waals surface area contributed by atoms with Gasteiger partial charge in [-0.1, -0.05) is 31.0 Å². The third-order valence-corrected chi connectivity index (χ3v) is 4.50. The second-order valence-electron chi connectivity index (χ2n) is 5.93. The van der Waals surface area contributed by atoms with Crippen molar-refractivity contribution in [1.82, 2.24) is 19.3 Å². The van der Waals surface area contributed by atoms with Crippen molar-refractivity contribution in [3.8, 4) is 11.4 Å². The van der Waals surface area contributed by atoms with Crippen LogP contribution in [-0.4, -0.2) is 19.3 Å². The lowest BCUT2D eigenvalue weighted by molar-refractivity contribution is 0.518. The van der Waals surface area contributed by atoms with Gasteiger partial charge in [0.15, 0.2) is 5.82 Å². The molecule has 108 valence electrons. The Morgan fingerprint density at radius 3 is 2.81 bits per heavy atom. The Hall–Kier alpha value is -2.10. The molecule has 0 amide bonds.